The fourth-order valence-corrected chi connectivity index (χ4v) is 1.93. The average molecular weight is 349 g/mol. The van der Waals surface area contributed by atoms with E-state index in [4.69, 9.17) is 9.47 Å². The van der Waals surface area contributed by atoms with Gasteiger partial charge in [0.15, 0.2) is 11.5 Å². The van der Waals surface area contributed by atoms with Gasteiger partial charge in [-0.15, -0.1) is 0 Å². The van der Waals surface area contributed by atoms with Gasteiger partial charge in [0.2, 0.25) is 0 Å². The summed E-state index contributed by atoms with van der Waals surface area (Å²) in [6, 6.07) is 1.69. The molecule has 0 heterocycles. The van der Waals surface area contributed by atoms with Gasteiger partial charge in [-0.2, -0.15) is 8.78 Å². The molecule has 1 atom stereocenters. The number of halogens is 6. The molecule has 0 saturated carbocycles. The third-order valence-corrected chi connectivity index (χ3v) is 3.51. The highest BCUT2D eigenvalue weighted by Gasteiger charge is 2.49. The number of benzene rings is 1. The first-order valence-electron chi connectivity index (χ1n) is 4.97. The molecule has 1 aromatic rings. The van der Waals surface area contributed by atoms with E-state index in [1.807, 2.05) is 0 Å². The minimum absolute atomic E-state index is 0.0242. The molecule has 0 aromatic heterocycles. The van der Waals surface area contributed by atoms with Gasteiger partial charge in [0.1, 0.15) is 10.6 Å². The van der Waals surface area contributed by atoms with Crippen LogP contribution in [0.25, 0.3) is 0 Å². The minimum atomic E-state index is -4.42. The zero-order chi connectivity index (χ0) is 14.8. The number of rotatable bonds is 5. The molecule has 1 aromatic carbocycles. The van der Waals surface area contributed by atoms with E-state index in [-0.39, 0.29) is 11.5 Å². The van der Waals surface area contributed by atoms with Crippen molar-refractivity contribution < 1.29 is 31.4 Å². The van der Waals surface area contributed by atoms with Crippen molar-refractivity contribution in [2.75, 3.05) is 14.2 Å². The Bertz CT molecular complexity index is 453. The van der Waals surface area contributed by atoms with Crippen LogP contribution in [-0.2, 0) is 0 Å². The molecule has 19 heavy (non-hydrogen) atoms. The second kappa shape index (κ2) is 5.94. The summed E-state index contributed by atoms with van der Waals surface area (Å²) in [6.45, 7) is 0. The molecule has 0 aliphatic carbocycles. The highest BCUT2D eigenvalue weighted by Crippen LogP contribution is 2.45. The predicted octanol–water partition coefficient (Wildman–Crippen LogP) is 4.18. The fourth-order valence-electron chi connectivity index (χ4n) is 1.38. The van der Waals surface area contributed by atoms with Gasteiger partial charge in [0.25, 0.3) is 0 Å². The molecule has 2 nitrogen and oxygen atoms in total. The zero-order valence-corrected chi connectivity index (χ0v) is 11.5. The Kier molecular flexibility index (Phi) is 5.00. The summed E-state index contributed by atoms with van der Waals surface area (Å²) in [4.78, 5) is -2.18. The minimum Gasteiger partial charge on any atom is -0.493 e. The molecular formula is C11H10BrF5O2. The van der Waals surface area contributed by atoms with Gasteiger partial charge in [0.05, 0.1) is 14.2 Å². The lowest BCUT2D eigenvalue weighted by atomic mass is 10.1. The maximum Gasteiger partial charge on any atom is 0.323 e. The van der Waals surface area contributed by atoms with E-state index >= 15 is 0 Å². The smallest absolute Gasteiger partial charge is 0.323 e. The quantitative estimate of drug-likeness (QED) is 0.587. The van der Waals surface area contributed by atoms with Crippen LogP contribution in [-0.4, -0.2) is 26.6 Å². The lowest BCUT2D eigenvalue weighted by Crippen LogP contribution is -2.31. The van der Waals surface area contributed by atoms with Gasteiger partial charge in [-0.25, -0.2) is 13.2 Å². The Labute approximate surface area is 114 Å². The number of alkyl halides is 5. The summed E-state index contributed by atoms with van der Waals surface area (Å²) >= 11 is 2.40. The molecule has 1 unspecified atom stereocenters. The molecule has 0 N–H and O–H groups in total. The molecule has 108 valence electrons. The van der Waals surface area contributed by atoms with Gasteiger partial charge in [-0.05, 0) is 6.07 Å². The molecule has 0 saturated heterocycles. The van der Waals surface area contributed by atoms with E-state index < -0.39 is 28.6 Å². The summed E-state index contributed by atoms with van der Waals surface area (Å²) in [5.74, 6) is -5.57. The molecule has 1 rings (SSSR count). The van der Waals surface area contributed by atoms with Crippen LogP contribution in [0.2, 0.25) is 0 Å². The van der Waals surface area contributed by atoms with Crippen LogP contribution in [0.3, 0.4) is 0 Å². The van der Waals surface area contributed by atoms with Gasteiger partial charge in [0, 0.05) is 11.6 Å². The number of methoxy groups -OCH3 is 2. The van der Waals surface area contributed by atoms with E-state index in [1.165, 1.54) is 14.2 Å². The van der Waals surface area contributed by atoms with E-state index in [2.05, 4.69) is 15.9 Å². The summed E-state index contributed by atoms with van der Waals surface area (Å²) in [7, 11) is 2.45. The maximum atomic E-state index is 13.7. The summed E-state index contributed by atoms with van der Waals surface area (Å²) < 4.78 is 74.1. The van der Waals surface area contributed by atoms with Crippen LogP contribution in [0, 0.1) is 5.82 Å². The number of ether oxygens (including phenoxy) is 2. The first-order chi connectivity index (χ1) is 8.75. The molecule has 0 aliphatic rings. The number of hydrogen-bond acceptors (Lipinski definition) is 2. The summed E-state index contributed by atoms with van der Waals surface area (Å²) in [5.41, 5.74) is -0.636. The van der Waals surface area contributed by atoms with Gasteiger partial charge < -0.3 is 9.47 Å². The van der Waals surface area contributed by atoms with Crippen molar-refractivity contribution in [1.82, 2.24) is 0 Å². The van der Waals surface area contributed by atoms with Crippen molar-refractivity contribution in [1.29, 1.82) is 0 Å². The Balaban J connectivity index is 3.28. The lowest BCUT2D eigenvalue weighted by molar-refractivity contribution is -0.128. The van der Waals surface area contributed by atoms with Crippen LogP contribution in [0.1, 0.15) is 10.4 Å². The Morgan fingerprint density at radius 1 is 1.11 bits per heavy atom. The van der Waals surface area contributed by atoms with E-state index in [1.54, 1.807) is 0 Å². The first kappa shape index (κ1) is 16.0. The molecule has 0 spiro atoms. The maximum absolute atomic E-state index is 13.7. The van der Waals surface area contributed by atoms with Gasteiger partial charge in [-0.3, -0.25) is 0 Å². The summed E-state index contributed by atoms with van der Waals surface area (Å²) in [6.07, 6.45) is -3.93. The van der Waals surface area contributed by atoms with Gasteiger partial charge in [-0.1, -0.05) is 15.9 Å². The molecule has 0 amide bonds. The third kappa shape index (κ3) is 3.10. The standard InChI is InChI=1S/C11H10BrF5O2/c1-18-7-3-5(6(13)4-8(7)19-2)9(12)11(16,17)10(14)15/h3-4,9-10H,1-2H3. The van der Waals surface area contributed by atoms with Crippen molar-refractivity contribution in [2.45, 2.75) is 17.2 Å². The first-order valence-corrected chi connectivity index (χ1v) is 5.88. The average Bonchev–Trinajstić information content (AvgIpc) is 2.37. The SMILES string of the molecule is COc1cc(F)c(C(Br)C(F)(F)C(F)F)cc1OC. The third-order valence-electron chi connectivity index (χ3n) is 2.40. The topological polar surface area (TPSA) is 18.5 Å². The molecule has 0 aliphatic heterocycles. The predicted molar refractivity (Wildman–Crippen MR) is 62.1 cm³/mol. The van der Waals surface area contributed by atoms with Crippen molar-refractivity contribution in [3.8, 4) is 11.5 Å². The van der Waals surface area contributed by atoms with Crippen LogP contribution in [0.5, 0.6) is 11.5 Å². The van der Waals surface area contributed by atoms with E-state index in [0.29, 0.717) is 0 Å². The molecule has 8 heteroatoms. The Hall–Kier alpha value is -1.05. The zero-order valence-electron chi connectivity index (χ0n) is 9.89. The summed E-state index contributed by atoms with van der Waals surface area (Å²) in [5, 5.41) is 0. The second-order valence-electron chi connectivity index (χ2n) is 3.57. The van der Waals surface area contributed by atoms with E-state index in [9.17, 15) is 22.0 Å². The lowest BCUT2D eigenvalue weighted by Gasteiger charge is -2.22. The van der Waals surface area contributed by atoms with Crippen LogP contribution < -0.4 is 9.47 Å². The fraction of sp³-hybridized carbons (Fsp3) is 0.455. The van der Waals surface area contributed by atoms with Crippen LogP contribution >= 0.6 is 15.9 Å². The monoisotopic (exact) mass is 348 g/mol. The Morgan fingerprint density at radius 2 is 1.58 bits per heavy atom. The van der Waals surface area contributed by atoms with Gasteiger partial charge >= 0.3 is 12.3 Å². The number of hydrogen-bond donors (Lipinski definition) is 0. The highest BCUT2D eigenvalue weighted by atomic mass is 79.9. The molecule has 0 bridgehead atoms. The molecule has 0 radical (unpaired) electrons. The largest absolute Gasteiger partial charge is 0.493 e. The van der Waals surface area contributed by atoms with E-state index in [0.717, 1.165) is 12.1 Å². The van der Waals surface area contributed by atoms with Crippen LogP contribution in [0.15, 0.2) is 12.1 Å². The molecule has 0 fully saturated rings. The Morgan fingerprint density at radius 3 is 2.00 bits per heavy atom. The van der Waals surface area contributed by atoms with Crippen molar-refractivity contribution in [3.05, 3.63) is 23.5 Å². The van der Waals surface area contributed by atoms with Crippen LogP contribution in [0.4, 0.5) is 22.0 Å². The van der Waals surface area contributed by atoms with Crippen molar-refractivity contribution in [2.24, 2.45) is 0 Å². The van der Waals surface area contributed by atoms with Crippen molar-refractivity contribution >= 4 is 15.9 Å². The highest BCUT2D eigenvalue weighted by molar-refractivity contribution is 9.09. The van der Waals surface area contributed by atoms with Crippen molar-refractivity contribution in [3.63, 3.8) is 0 Å². The molecular weight excluding hydrogens is 339 g/mol. The normalized spacial score (nSPS) is 13.5. The second-order valence-corrected chi connectivity index (χ2v) is 4.48.